The summed E-state index contributed by atoms with van der Waals surface area (Å²) in [6, 6.07) is 0.382. The molecule has 1 aromatic rings. The molecule has 0 N–H and O–H groups in total. The Balaban J connectivity index is 2.17. The second-order valence-corrected chi connectivity index (χ2v) is 4.97. The lowest BCUT2D eigenvalue weighted by Gasteiger charge is -2.33. The van der Waals surface area contributed by atoms with Crippen molar-refractivity contribution in [1.82, 2.24) is 9.88 Å². The Labute approximate surface area is 94.1 Å². The van der Waals surface area contributed by atoms with Crippen molar-refractivity contribution in [3.05, 3.63) is 16.1 Å². The summed E-state index contributed by atoms with van der Waals surface area (Å²) in [5, 5.41) is 0. The molecule has 2 heterocycles. The number of likely N-dealkylation sites (tertiary alicyclic amines) is 1. The Morgan fingerprint density at radius 2 is 2.40 bits per heavy atom. The van der Waals surface area contributed by atoms with Crippen LogP contribution in [0.25, 0.3) is 0 Å². The van der Waals surface area contributed by atoms with Gasteiger partial charge >= 0.3 is 0 Å². The smallest absolute Gasteiger partial charge is 0.266 e. The zero-order valence-electron chi connectivity index (χ0n) is 9.19. The van der Waals surface area contributed by atoms with Crippen LogP contribution in [0.5, 0.6) is 0 Å². The number of piperidine rings is 1. The molecule has 0 bridgehead atoms. The van der Waals surface area contributed by atoms with Crippen molar-refractivity contribution in [1.29, 1.82) is 0 Å². The van der Waals surface area contributed by atoms with E-state index in [0.29, 0.717) is 6.04 Å². The SMILES string of the molecule is Cc1ncsc1C(=O)N1CCCC[C@@H]1C. The standard InChI is InChI=1S/C11H16N2OS/c1-8-5-3-4-6-13(8)11(14)10-9(2)12-7-15-10/h7-8H,3-6H2,1-2H3/t8-/m0/s1. The zero-order valence-corrected chi connectivity index (χ0v) is 10.0. The van der Waals surface area contributed by atoms with Gasteiger partial charge in [-0.05, 0) is 33.1 Å². The van der Waals surface area contributed by atoms with E-state index in [1.807, 2.05) is 11.8 Å². The van der Waals surface area contributed by atoms with Gasteiger partial charge in [-0.2, -0.15) is 0 Å². The number of hydrogen-bond acceptors (Lipinski definition) is 3. The lowest BCUT2D eigenvalue weighted by atomic mass is 10.0. The third-order valence-corrected chi connectivity index (χ3v) is 3.92. The van der Waals surface area contributed by atoms with Crippen LogP contribution in [0.4, 0.5) is 0 Å². The summed E-state index contributed by atoms with van der Waals surface area (Å²) in [4.78, 5) is 19.1. The third kappa shape index (κ3) is 2.04. The number of hydrogen-bond donors (Lipinski definition) is 0. The predicted molar refractivity (Wildman–Crippen MR) is 61.2 cm³/mol. The van der Waals surface area contributed by atoms with Crippen molar-refractivity contribution in [2.45, 2.75) is 39.2 Å². The Bertz CT molecular complexity index is 361. The van der Waals surface area contributed by atoms with Crippen LogP contribution in [-0.2, 0) is 0 Å². The second kappa shape index (κ2) is 4.31. The fourth-order valence-corrected chi connectivity index (χ4v) is 2.80. The summed E-state index contributed by atoms with van der Waals surface area (Å²) in [5.74, 6) is 0.169. The van der Waals surface area contributed by atoms with Crippen molar-refractivity contribution in [2.75, 3.05) is 6.54 Å². The predicted octanol–water partition coefficient (Wildman–Crippen LogP) is 2.47. The van der Waals surface area contributed by atoms with Crippen molar-refractivity contribution >= 4 is 17.2 Å². The summed E-state index contributed by atoms with van der Waals surface area (Å²) in [7, 11) is 0. The van der Waals surface area contributed by atoms with Gasteiger partial charge in [-0.1, -0.05) is 0 Å². The van der Waals surface area contributed by atoms with Gasteiger partial charge in [0.05, 0.1) is 11.2 Å². The third-order valence-electron chi connectivity index (χ3n) is 3.00. The van der Waals surface area contributed by atoms with Crippen LogP contribution in [-0.4, -0.2) is 28.4 Å². The van der Waals surface area contributed by atoms with E-state index in [4.69, 9.17) is 0 Å². The molecule has 0 spiro atoms. The summed E-state index contributed by atoms with van der Waals surface area (Å²) < 4.78 is 0. The molecule has 1 atom stereocenters. The average molecular weight is 224 g/mol. The molecule has 0 aromatic carbocycles. The molecule has 1 aliphatic heterocycles. The van der Waals surface area contributed by atoms with Crippen molar-refractivity contribution in [3.63, 3.8) is 0 Å². The van der Waals surface area contributed by atoms with E-state index >= 15 is 0 Å². The molecular formula is C11H16N2OS. The number of nitrogens with zero attached hydrogens (tertiary/aromatic N) is 2. The minimum absolute atomic E-state index is 0.169. The fraction of sp³-hybridized carbons (Fsp3) is 0.636. The Morgan fingerprint density at radius 1 is 1.60 bits per heavy atom. The van der Waals surface area contributed by atoms with Gasteiger partial charge in [0.2, 0.25) is 0 Å². The van der Waals surface area contributed by atoms with Crippen LogP contribution in [0.2, 0.25) is 0 Å². The number of rotatable bonds is 1. The van der Waals surface area contributed by atoms with Crippen molar-refractivity contribution < 1.29 is 4.79 Å². The van der Waals surface area contributed by atoms with Gasteiger partial charge in [0.15, 0.2) is 0 Å². The van der Waals surface area contributed by atoms with E-state index in [9.17, 15) is 4.79 Å². The fourth-order valence-electron chi connectivity index (χ4n) is 2.04. The second-order valence-electron chi connectivity index (χ2n) is 4.11. The maximum atomic E-state index is 12.2. The zero-order chi connectivity index (χ0) is 10.8. The molecule has 15 heavy (non-hydrogen) atoms. The molecule has 1 saturated heterocycles. The van der Waals surface area contributed by atoms with Crippen LogP contribution in [0.1, 0.15) is 41.6 Å². The van der Waals surface area contributed by atoms with Gasteiger partial charge in [-0.3, -0.25) is 4.79 Å². The average Bonchev–Trinajstić information content (AvgIpc) is 2.64. The number of amides is 1. The van der Waals surface area contributed by atoms with E-state index in [1.165, 1.54) is 17.8 Å². The molecule has 0 radical (unpaired) electrons. The van der Waals surface area contributed by atoms with Gasteiger partial charge in [0.1, 0.15) is 4.88 Å². The number of carbonyl (C=O) groups excluding carboxylic acids is 1. The normalized spacial score (nSPS) is 21.7. The largest absolute Gasteiger partial charge is 0.335 e. The molecule has 82 valence electrons. The molecule has 1 fully saturated rings. The van der Waals surface area contributed by atoms with Crippen molar-refractivity contribution in [3.8, 4) is 0 Å². The molecule has 0 unspecified atom stereocenters. The Kier molecular flexibility index (Phi) is 3.05. The van der Waals surface area contributed by atoms with Crippen LogP contribution in [0.3, 0.4) is 0 Å². The summed E-state index contributed by atoms with van der Waals surface area (Å²) >= 11 is 1.45. The first-order chi connectivity index (χ1) is 7.20. The van der Waals surface area contributed by atoms with Crippen LogP contribution in [0, 0.1) is 6.92 Å². The minimum Gasteiger partial charge on any atom is -0.335 e. The first-order valence-electron chi connectivity index (χ1n) is 5.41. The van der Waals surface area contributed by atoms with Gasteiger partial charge < -0.3 is 4.90 Å². The Hall–Kier alpha value is -0.900. The monoisotopic (exact) mass is 224 g/mol. The van der Waals surface area contributed by atoms with E-state index in [0.717, 1.165) is 30.0 Å². The molecule has 0 aliphatic carbocycles. The molecule has 1 amide bonds. The quantitative estimate of drug-likeness (QED) is 0.734. The van der Waals surface area contributed by atoms with Gasteiger partial charge in [0, 0.05) is 12.6 Å². The number of carbonyl (C=O) groups is 1. The molecule has 1 aliphatic rings. The molecule has 4 heteroatoms. The molecule has 1 aromatic heterocycles. The van der Waals surface area contributed by atoms with Gasteiger partial charge in [-0.25, -0.2) is 4.98 Å². The van der Waals surface area contributed by atoms with E-state index in [1.54, 1.807) is 5.51 Å². The van der Waals surface area contributed by atoms with Crippen LogP contribution in [0.15, 0.2) is 5.51 Å². The van der Waals surface area contributed by atoms with E-state index in [2.05, 4.69) is 11.9 Å². The lowest BCUT2D eigenvalue weighted by molar-refractivity contribution is 0.0639. The lowest BCUT2D eigenvalue weighted by Crippen LogP contribution is -2.41. The van der Waals surface area contributed by atoms with E-state index < -0.39 is 0 Å². The molecule has 2 rings (SSSR count). The first-order valence-corrected chi connectivity index (χ1v) is 6.29. The number of aromatic nitrogens is 1. The highest BCUT2D eigenvalue weighted by Crippen LogP contribution is 2.22. The van der Waals surface area contributed by atoms with Gasteiger partial charge in [-0.15, -0.1) is 11.3 Å². The Morgan fingerprint density at radius 3 is 3.00 bits per heavy atom. The maximum Gasteiger partial charge on any atom is 0.266 e. The minimum atomic E-state index is 0.169. The first kappa shape index (κ1) is 10.6. The maximum absolute atomic E-state index is 12.2. The molecule has 3 nitrogen and oxygen atoms in total. The highest BCUT2D eigenvalue weighted by Gasteiger charge is 2.26. The number of thiazole rings is 1. The topological polar surface area (TPSA) is 33.2 Å². The van der Waals surface area contributed by atoms with Crippen molar-refractivity contribution in [2.24, 2.45) is 0 Å². The van der Waals surface area contributed by atoms with Crippen LogP contribution < -0.4 is 0 Å². The highest BCUT2D eigenvalue weighted by atomic mass is 32.1. The molecular weight excluding hydrogens is 208 g/mol. The summed E-state index contributed by atoms with van der Waals surface area (Å²) in [6.07, 6.45) is 3.50. The molecule has 0 saturated carbocycles. The highest BCUT2D eigenvalue weighted by molar-refractivity contribution is 7.11. The summed E-state index contributed by atoms with van der Waals surface area (Å²) in [5.41, 5.74) is 2.61. The van der Waals surface area contributed by atoms with Gasteiger partial charge in [0.25, 0.3) is 5.91 Å². The van der Waals surface area contributed by atoms with E-state index in [-0.39, 0.29) is 5.91 Å². The van der Waals surface area contributed by atoms with Crippen LogP contribution >= 0.6 is 11.3 Å². The number of aryl methyl sites for hydroxylation is 1. The summed E-state index contributed by atoms with van der Waals surface area (Å²) in [6.45, 7) is 4.93.